The van der Waals surface area contributed by atoms with E-state index in [0.29, 0.717) is 11.5 Å². The van der Waals surface area contributed by atoms with Crippen LogP contribution in [-0.4, -0.2) is 11.1 Å². The average molecular weight is 350 g/mol. The van der Waals surface area contributed by atoms with Crippen LogP contribution in [0.4, 0.5) is 0 Å². The summed E-state index contributed by atoms with van der Waals surface area (Å²) in [6, 6.07) is 18.9. The SMILES string of the molecule is O=C(NCc1ccc(-c2cccs2)o1)c1cc(-c2ccccc2)on1. The molecule has 0 fully saturated rings. The van der Waals surface area contributed by atoms with Crippen molar-refractivity contribution >= 4 is 17.2 Å². The number of thiophene rings is 1. The summed E-state index contributed by atoms with van der Waals surface area (Å²) in [5.74, 6) is 1.74. The van der Waals surface area contributed by atoms with Crippen molar-refractivity contribution in [3.05, 3.63) is 77.5 Å². The fourth-order valence-electron chi connectivity index (χ4n) is 2.40. The number of hydrogen-bond donors (Lipinski definition) is 1. The van der Waals surface area contributed by atoms with Crippen LogP contribution in [0, 0.1) is 0 Å². The van der Waals surface area contributed by atoms with Crippen LogP contribution >= 0.6 is 11.3 Å². The smallest absolute Gasteiger partial charge is 0.273 e. The third kappa shape index (κ3) is 3.39. The highest BCUT2D eigenvalue weighted by Crippen LogP contribution is 2.26. The van der Waals surface area contributed by atoms with Crippen LogP contribution in [0.3, 0.4) is 0 Å². The van der Waals surface area contributed by atoms with Crippen LogP contribution in [0.2, 0.25) is 0 Å². The topological polar surface area (TPSA) is 68.3 Å². The van der Waals surface area contributed by atoms with E-state index in [1.807, 2.05) is 60.0 Å². The second-order valence-electron chi connectivity index (χ2n) is 5.37. The third-order valence-electron chi connectivity index (χ3n) is 3.65. The predicted molar refractivity (Wildman–Crippen MR) is 95.1 cm³/mol. The summed E-state index contributed by atoms with van der Waals surface area (Å²) in [5.41, 5.74) is 1.12. The Morgan fingerprint density at radius 3 is 2.72 bits per heavy atom. The van der Waals surface area contributed by atoms with Crippen molar-refractivity contribution in [2.24, 2.45) is 0 Å². The molecule has 0 spiro atoms. The van der Waals surface area contributed by atoms with Gasteiger partial charge in [-0.2, -0.15) is 0 Å². The number of amides is 1. The lowest BCUT2D eigenvalue weighted by Gasteiger charge is -1.99. The van der Waals surface area contributed by atoms with Gasteiger partial charge in [0.1, 0.15) is 11.5 Å². The molecular formula is C19H14N2O3S. The summed E-state index contributed by atoms with van der Waals surface area (Å²) in [6.07, 6.45) is 0. The van der Waals surface area contributed by atoms with E-state index in [4.69, 9.17) is 8.94 Å². The highest BCUT2D eigenvalue weighted by molar-refractivity contribution is 7.13. The number of benzene rings is 1. The summed E-state index contributed by atoms with van der Waals surface area (Å²) in [5, 5.41) is 8.62. The van der Waals surface area contributed by atoms with Gasteiger partial charge < -0.3 is 14.3 Å². The standard InChI is InChI=1S/C19H14N2O3S/c22-19(15-11-17(24-21-15)13-5-2-1-3-6-13)20-12-14-8-9-16(23-14)18-7-4-10-25-18/h1-11H,12H2,(H,20,22). The van der Waals surface area contributed by atoms with Gasteiger partial charge in [-0.15, -0.1) is 11.3 Å². The molecule has 0 saturated carbocycles. The molecule has 0 aliphatic carbocycles. The molecule has 124 valence electrons. The lowest BCUT2D eigenvalue weighted by atomic mass is 10.1. The number of nitrogens with zero attached hydrogens (tertiary/aromatic N) is 1. The molecule has 4 aromatic rings. The zero-order chi connectivity index (χ0) is 17.1. The maximum absolute atomic E-state index is 12.2. The van der Waals surface area contributed by atoms with E-state index in [1.165, 1.54) is 0 Å². The van der Waals surface area contributed by atoms with Gasteiger partial charge in [-0.1, -0.05) is 41.6 Å². The first-order valence-electron chi connectivity index (χ1n) is 7.72. The third-order valence-corrected chi connectivity index (χ3v) is 4.53. The number of furan rings is 1. The molecule has 1 aromatic carbocycles. The largest absolute Gasteiger partial charge is 0.458 e. The summed E-state index contributed by atoms with van der Waals surface area (Å²) < 4.78 is 11.0. The Labute approximate surface area is 147 Å². The van der Waals surface area contributed by atoms with Gasteiger partial charge >= 0.3 is 0 Å². The molecule has 0 bridgehead atoms. The molecule has 0 saturated heterocycles. The first-order chi connectivity index (χ1) is 12.3. The van der Waals surface area contributed by atoms with Gasteiger partial charge in [-0.3, -0.25) is 4.79 Å². The van der Waals surface area contributed by atoms with E-state index in [9.17, 15) is 4.79 Å². The van der Waals surface area contributed by atoms with Crippen LogP contribution in [0.1, 0.15) is 16.2 Å². The van der Waals surface area contributed by atoms with Gasteiger partial charge in [-0.25, -0.2) is 0 Å². The Kier molecular flexibility index (Phi) is 4.18. The van der Waals surface area contributed by atoms with E-state index in [2.05, 4.69) is 10.5 Å². The van der Waals surface area contributed by atoms with Crippen molar-refractivity contribution in [1.82, 2.24) is 10.5 Å². The lowest BCUT2D eigenvalue weighted by molar-refractivity contribution is 0.0939. The van der Waals surface area contributed by atoms with Gasteiger partial charge in [0.05, 0.1) is 11.4 Å². The van der Waals surface area contributed by atoms with Crippen LogP contribution in [0.15, 0.2) is 75.0 Å². The van der Waals surface area contributed by atoms with Gasteiger partial charge in [0.25, 0.3) is 5.91 Å². The maximum Gasteiger partial charge on any atom is 0.273 e. The predicted octanol–water partition coefficient (Wildman–Crippen LogP) is 4.59. The molecule has 0 unspecified atom stereocenters. The second kappa shape index (κ2) is 6.78. The minimum absolute atomic E-state index is 0.240. The quantitative estimate of drug-likeness (QED) is 0.571. The van der Waals surface area contributed by atoms with E-state index in [-0.39, 0.29) is 18.1 Å². The Bertz CT molecular complexity index is 971. The van der Waals surface area contributed by atoms with Gasteiger partial charge in [0, 0.05) is 11.6 Å². The zero-order valence-electron chi connectivity index (χ0n) is 13.1. The average Bonchev–Trinajstić information content (AvgIpc) is 3.41. The molecule has 1 N–H and O–H groups in total. The molecule has 1 amide bonds. The van der Waals surface area contributed by atoms with Gasteiger partial charge in [0.15, 0.2) is 11.5 Å². The van der Waals surface area contributed by atoms with Crippen molar-refractivity contribution in [3.63, 3.8) is 0 Å². The van der Waals surface area contributed by atoms with E-state index in [1.54, 1.807) is 17.4 Å². The zero-order valence-corrected chi connectivity index (χ0v) is 14.0. The van der Waals surface area contributed by atoms with Crippen LogP contribution < -0.4 is 5.32 Å². The minimum Gasteiger partial charge on any atom is -0.458 e. The van der Waals surface area contributed by atoms with Crippen molar-refractivity contribution < 1.29 is 13.7 Å². The fraction of sp³-hybridized carbons (Fsp3) is 0.0526. The molecule has 25 heavy (non-hydrogen) atoms. The number of rotatable bonds is 5. The molecule has 3 aromatic heterocycles. The number of nitrogens with one attached hydrogen (secondary N) is 1. The summed E-state index contributed by atoms with van der Waals surface area (Å²) in [7, 11) is 0. The molecule has 0 atom stereocenters. The van der Waals surface area contributed by atoms with Crippen molar-refractivity contribution in [1.29, 1.82) is 0 Å². The summed E-state index contributed by atoms with van der Waals surface area (Å²) in [4.78, 5) is 13.3. The van der Waals surface area contributed by atoms with Crippen LogP contribution in [-0.2, 0) is 6.54 Å². The lowest BCUT2D eigenvalue weighted by Crippen LogP contribution is -2.22. The first-order valence-corrected chi connectivity index (χ1v) is 8.60. The minimum atomic E-state index is -0.306. The molecule has 0 aliphatic heterocycles. The molecule has 4 rings (SSSR count). The van der Waals surface area contributed by atoms with E-state index >= 15 is 0 Å². The van der Waals surface area contributed by atoms with E-state index in [0.717, 1.165) is 16.2 Å². The number of aromatic nitrogens is 1. The molecule has 5 nitrogen and oxygen atoms in total. The van der Waals surface area contributed by atoms with Crippen LogP contribution in [0.5, 0.6) is 0 Å². The first kappa shape index (κ1) is 15.4. The molecule has 0 radical (unpaired) electrons. The molecule has 0 aliphatic rings. The normalized spacial score (nSPS) is 10.7. The van der Waals surface area contributed by atoms with Crippen molar-refractivity contribution in [3.8, 4) is 22.0 Å². The van der Waals surface area contributed by atoms with Crippen LogP contribution in [0.25, 0.3) is 22.0 Å². The van der Waals surface area contributed by atoms with E-state index < -0.39 is 0 Å². The highest BCUT2D eigenvalue weighted by atomic mass is 32.1. The Morgan fingerprint density at radius 1 is 1.04 bits per heavy atom. The number of carbonyl (C=O) groups is 1. The van der Waals surface area contributed by atoms with Gasteiger partial charge in [-0.05, 0) is 23.6 Å². The number of hydrogen-bond acceptors (Lipinski definition) is 5. The second-order valence-corrected chi connectivity index (χ2v) is 6.32. The fourth-order valence-corrected chi connectivity index (χ4v) is 3.09. The highest BCUT2D eigenvalue weighted by Gasteiger charge is 2.14. The van der Waals surface area contributed by atoms with Crippen molar-refractivity contribution in [2.45, 2.75) is 6.54 Å². The van der Waals surface area contributed by atoms with Gasteiger partial charge in [0.2, 0.25) is 0 Å². The summed E-state index contributed by atoms with van der Waals surface area (Å²) >= 11 is 1.61. The maximum atomic E-state index is 12.2. The molecule has 6 heteroatoms. The summed E-state index contributed by atoms with van der Waals surface area (Å²) in [6.45, 7) is 0.289. The molecule has 3 heterocycles. The van der Waals surface area contributed by atoms with Crippen molar-refractivity contribution in [2.75, 3.05) is 0 Å². The Morgan fingerprint density at radius 2 is 1.92 bits per heavy atom. The number of carbonyl (C=O) groups excluding carboxylic acids is 1. The monoisotopic (exact) mass is 350 g/mol. The Balaban J connectivity index is 1.40. The Hall–Kier alpha value is -3.12. The molecular weight excluding hydrogens is 336 g/mol.